The van der Waals surface area contributed by atoms with Gasteiger partial charge in [-0.05, 0) is 30.7 Å². The molecule has 1 aromatic carbocycles. The molecule has 1 aromatic rings. The molecule has 0 spiro atoms. The maximum Gasteiger partial charge on any atom is 0.0246 e. The fraction of sp³-hybridized carbons (Fsp3) is 0.333. The van der Waals surface area contributed by atoms with Gasteiger partial charge in [0.2, 0.25) is 0 Å². The fourth-order valence-corrected chi connectivity index (χ4v) is 1.23. The van der Waals surface area contributed by atoms with Crippen molar-refractivity contribution in [3.63, 3.8) is 0 Å². The summed E-state index contributed by atoms with van der Waals surface area (Å²) in [7, 11) is 0. The van der Waals surface area contributed by atoms with Gasteiger partial charge in [-0.3, -0.25) is 0 Å². The smallest absolute Gasteiger partial charge is 0.0246 e. The maximum atomic E-state index is 3.39. The zero-order chi connectivity index (χ0) is 9.52. The molecular weight excluding hydrogens is 224 g/mol. The third-order valence-electron chi connectivity index (χ3n) is 1.73. The predicted octanol–water partition coefficient (Wildman–Crippen LogP) is 3.99. The Hall–Kier alpha value is -0.740. The monoisotopic (exact) mass is 236 g/mol. The van der Waals surface area contributed by atoms with Crippen LogP contribution >= 0.6 is 15.9 Å². The molecule has 0 radical (unpaired) electrons. The van der Waals surface area contributed by atoms with Crippen LogP contribution in [0, 0.1) is 11.8 Å². The average molecular weight is 237 g/mol. The minimum atomic E-state index is 1.01. The topological polar surface area (TPSA) is 0 Å². The van der Waals surface area contributed by atoms with Crippen LogP contribution in [0.2, 0.25) is 0 Å². The molecule has 0 aromatic heterocycles. The summed E-state index contributed by atoms with van der Waals surface area (Å²) >= 11 is 3.39. The van der Waals surface area contributed by atoms with E-state index in [0.29, 0.717) is 0 Å². The fourth-order valence-electron chi connectivity index (χ4n) is 0.963. The first-order valence-electron chi connectivity index (χ1n) is 4.57. The lowest BCUT2D eigenvalue weighted by Crippen LogP contribution is -1.73. The molecule has 0 aliphatic carbocycles. The Balaban J connectivity index is 2.52. The molecule has 0 amide bonds. The van der Waals surface area contributed by atoms with Crippen molar-refractivity contribution in [1.82, 2.24) is 0 Å². The van der Waals surface area contributed by atoms with Crippen molar-refractivity contribution >= 4 is 15.9 Å². The Morgan fingerprint density at radius 1 is 1.23 bits per heavy atom. The van der Waals surface area contributed by atoms with Gasteiger partial charge < -0.3 is 0 Å². The Labute approximate surface area is 88.5 Å². The van der Waals surface area contributed by atoms with E-state index in [0.717, 1.165) is 16.5 Å². The van der Waals surface area contributed by atoms with Gasteiger partial charge >= 0.3 is 0 Å². The van der Waals surface area contributed by atoms with Crippen molar-refractivity contribution < 1.29 is 0 Å². The summed E-state index contributed by atoms with van der Waals surface area (Å²) in [5, 5.41) is 0. The standard InChI is InChI=1S/C12H13Br/c1-2-3-4-5-6-11-7-9-12(13)10-8-11/h7-10H,2-4H2,1H3. The van der Waals surface area contributed by atoms with Crippen LogP contribution in [-0.2, 0) is 0 Å². The van der Waals surface area contributed by atoms with Gasteiger partial charge in [0, 0.05) is 16.5 Å². The molecule has 0 saturated carbocycles. The van der Waals surface area contributed by atoms with Crippen LogP contribution < -0.4 is 0 Å². The molecular formula is C12H13Br. The molecule has 0 aliphatic heterocycles. The van der Waals surface area contributed by atoms with Crippen LogP contribution in [0.4, 0.5) is 0 Å². The van der Waals surface area contributed by atoms with E-state index in [1.165, 1.54) is 12.8 Å². The maximum absolute atomic E-state index is 3.39. The normalized spacial score (nSPS) is 9.08. The number of rotatable bonds is 2. The van der Waals surface area contributed by atoms with E-state index in [9.17, 15) is 0 Å². The van der Waals surface area contributed by atoms with E-state index in [2.05, 4.69) is 34.7 Å². The van der Waals surface area contributed by atoms with Gasteiger partial charge in [-0.15, -0.1) is 0 Å². The van der Waals surface area contributed by atoms with Crippen LogP contribution in [0.3, 0.4) is 0 Å². The quantitative estimate of drug-likeness (QED) is 0.539. The molecule has 0 saturated heterocycles. The summed E-state index contributed by atoms with van der Waals surface area (Å²) in [5.41, 5.74) is 1.10. The Morgan fingerprint density at radius 3 is 2.54 bits per heavy atom. The van der Waals surface area contributed by atoms with Crippen molar-refractivity contribution in [2.45, 2.75) is 26.2 Å². The zero-order valence-electron chi connectivity index (χ0n) is 7.81. The first kappa shape index (κ1) is 10.3. The highest BCUT2D eigenvalue weighted by molar-refractivity contribution is 9.10. The zero-order valence-corrected chi connectivity index (χ0v) is 9.39. The van der Waals surface area contributed by atoms with Crippen LogP contribution in [0.1, 0.15) is 31.7 Å². The van der Waals surface area contributed by atoms with Gasteiger partial charge in [-0.1, -0.05) is 41.1 Å². The van der Waals surface area contributed by atoms with Crippen molar-refractivity contribution in [2.75, 3.05) is 0 Å². The summed E-state index contributed by atoms with van der Waals surface area (Å²) in [6.45, 7) is 2.18. The Bertz CT molecular complexity index is 300. The molecule has 0 fully saturated rings. The number of halogens is 1. The number of hydrogen-bond acceptors (Lipinski definition) is 0. The molecule has 0 aliphatic rings. The van der Waals surface area contributed by atoms with Gasteiger partial charge in [0.15, 0.2) is 0 Å². The summed E-state index contributed by atoms with van der Waals surface area (Å²) in [6, 6.07) is 8.10. The lowest BCUT2D eigenvalue weighted by atomic mass is 10.2. The highest BCUT2D eigenvalue weighted by atomic mass is 79.9. The average Bonchev–Trinajstić information content (AvgIpc) is 2.15. The molecule has 0 atom stereocenters. The van der Waals surface area contributed by atoms with Crippen molar-refractivity contribution in [1.29, 1.82) is 0 Å². The number of unbranched alkanes of at least 4 members (excludes halogenated alkanes) is 2. The second-order valence-electron chi connectivity index (χ2n) is 2.91. The minimum Gasteiger partial charge on any atom is -0.0979 e. The molecule has 68 valence electrons. The third-order valence-corrected chi connectivity index (χ3v) is 2.26. The van der Waals surface area contributed by atoms with E-state index < -0.39 is 0 Å². The first-order valence-corrected chi connectivity index (χ1v) is 5.36. The van der Waals surface area contributed by atoms with E-state index in [-0.39, 0.29) is 0 Å². The highest BCUT2D eigenvalue weighted by Gasteiger charge is 1.86. The highest BCUT2D eigenvalue weighted by Crippen LogP contribution is 2.09. The van der Waals surface area contributed by atoms with E-state index in [1.807, 2.05) is 24.3 Å². The van der Waals surface area contributed by atoms with Crippen LogP contribution in [-0.4, -0.2) is 0 Å². The van der Waals surface area contributed by atoms with Crippen molar-refractivity contribution in [2.24, 2.45) is 0 Å². The summed E-state index contributed by atoms with van der Waals surface area (Å²) in [5.74, 6) is 6.29. The molecule has 0 nitrogen and oxygen atoms in total. The Morgan fingerprint density at radius 2 is 1.92 bits per heavy atom. The Kier molecular flexibility index (Phi) is 4.64. The summed E-state index contributed by atoms with van der Waals surface area (Å²) < 4.78 is 1.10. The largest absolute Gasteiger partial charge is 0.0979 e. The van der Waals surface area contributed by atoms with Crippen LogP contribution in [0.25, 0.3) is 0 Å². The summed E-state index contributed by atoms with van der Waals surface area (Å²) in [4.78, 5) is 0. The summed E-state index contributed by atoms with van der Waals surface area (Å²) in [6.07, 6.45) is 3.42. The van der Waals surface area contributed by atoms with Crippen molar-refractivity contribution in [3.8, 4) is 11.8 Å². The molecule has 1 rings (SSSR count). The first-order chi connectivity index (χ1) is 6.33. The van der Waals surface area contributed by atoms with Gasteiger partial charge in [0.05, 0.1) is 0 Å². The third kappa shape index (κ3) is 4.15. The van der Waals surface area contributed by atoms with Gasteiger partial charge in [0.25, 0.3) is 0 Å². The van der Waals surface area contributed by atoms with Gasteiger partial charge in [-0.25, -0.2) is 0 Å². The SMILES string of the molecule is CCCCC#Cc1ccc(Br)cc1. The van der Waals surface area contributed by atoms with E-state index in [1.54, 1.807) is 0 Å². The second kappa shape index (κ2) is 5.83. The van der Waals surface area contributed by atoms with Crippen molar-refractivity contribution in [3.05, 3.63) is 34.3 Å². The minimum absolute atomic E-state index is 1.01. The predicted molar refractivity (Wildman–Crippen MR) is 60.5 cm³/mol. The van der Waals surface area contributed by atoms with E-state index >= 15 is 0 Å². The van der Waals surface area contributed by atoms with Crippen LogP contribution in [0.15, 0.2) is 28.7 Å². The van der Waals surface area contributed by atoms with Gasteiger partial charge in [-0.2, -0.15) is 0 Å². The molecule has 0 heterocycles. The lowest BCUT2D eigenvalue weighted by Gasteiger charge is -1.90. The second-order valence-corrected chi connectivity index (χ2v) is 3.83. The number of hydrogen-bond donors (Lipinski definition) is 0. The van der Waals surface area contributed by atoms with Gasteiger partial charge in [0.1, 0.15) is 0 Å². The van der Waals surface area contributed by atoms with E-state index in [4.69, 9.17) is 0 Å². The molecule has 0 bridgehead atoms. The number of benzene rings is 1. The molecule has 0 unspecified atom stereocenters. The molecule has 1 heteroatoms. The lowest BCUT2D eigenvalue weighted by molar-refractivity contribution is 0.828. The van der Waals surface area contributed by atoms with Crippen LogP contribution in [0.5, 0.6) is 0 Å². The molecule has 13 heavy (non-hydrogen) atoms. The molecule has 0 N–H and O–H groups in total.